The van der Waals surface area contributed by atoms with E-state index in [0.29, 0.717) is 6.61 Å². The number of benzene rings is 2. The number of hydrogen-bond acceptors (Lipinski definition) is 4. The van der Waals surface area contributed by atoms with Crippen LogP contribution in [0.3, 0.4) is 0 Å². The second-order valence-electron chi connectivity index (χ2n) is 8.03. The summed E-state index contributed by atoms with van der Waals surface area (Å²) in [6, 6.07) is 18.7. The third kappa shape index (κ3) is 3.31. The topological polar surface area (TPSA) is 33.7 Å². The highest BCUT2D eigenvalue weighted by Gasteiger charge is 2.58. The van der Waals surface area contributed by atoms with E-state index < -0.39 is 0 Å². The zero-order valence-corrected chi connectivity index (χ0v) is 16.3. The van der Waals surface area contributed by atoms with Gasteiger partial charge in [-0.3, -0.25) is 10.3 Å². The zero-order valence-electron chi connectivity index (χ0n) is 16.3. The van der Waals surface area contributed by atoms with Crippen molar-refractivity contribution in [2.45, 2.75) is 37.7 Å². The smallest absolute Gasteiger partial charge is 0.162 e. The number of ether oxygens (including phenoxy) is 1. The summed E-state index contributed by atoms with van der Waals surface area (Å²) in [7, 11) is 0. The molecule has 2 fully saturated rings. The van der Waals surface area contributed by atoms with Gasteiger partial charge in [0.15, 0.2) is 5.60 Å². The third-order valence-corrected chi connectivity index (χ3v) is 6.11. The van der Waals surface area contributed by atoms with Gasteiger partial charge in [0.1, 0.15) is 5.75 Å². The second-order valence-corrected chi connectivity index (χ2v) is 8.03. The molecule has 1 atom stereocenters. The molecule has 2 aromatic rings. The number of nitrogens with zero attached hydrogens (tertiary/aromatic N) is 1. The van der Waals surface area contributed by atoms with E-state index in [-0.39, 0.29) is 5.60 Å². The van der Waals surface area contributed by atoms with Crippen LogP contribution in [0.2, 0.25) is 0 Å². The molecule has 0 radical (unpaired) electrons. The van der Waals surface area contributed by atoms with Gasteiger partial charge in [-0.2, -0.15) is 0 Å². The van der Waals surface area contributed by atoms with Crippen molar-refractivity contribution < 1.29 is 9.57 Å². The van der Waals surface area contributed by atoms with Gasteiger partial charge in [0.25, 0.3) is 0 Å². The standard InChI is InChI=1S/C24H28N2O2/c1-3-10-19(11-4-1)24-18-21(24)23(20-12-5-6-13-22(20)28-24)25-27-17-9-16-26-14-7-2-8-15-26/h1,3-6,10-13,25H,2,7-9,14-18H2. The van der Waals surface area contributed by atoms with Crippen molar-refractivity contribution >= 4 is 5.70 Å². The van der Waals surface area contributed by atoms with Crippen molar-refractivity contribution in [3.05, 3.63) is 71.3 Å². The number of hydroxylamine groups is 1. The Morgan fingerprint density at radius 3 is 2.61 bits per heavy atom. The lowest BCUT2D eigenvalue weighted by molar-refractivity contribution is 0.0665. The minimum atomic E-state index is -0.324. The average Bonchev–Trinajstić information content (AvgIpc) is 3.50. The van der Waals surface area contributed by atoms with Crippen LogP contribution < -0.4 is 10.2 Å². The van der Waals surface area contributed by atoms with E-state index in [1.807, 2.05) is 18.2 Å². The normalized spacial score (nSPS) is 23.6. The molecule has 2 heterocycles. The molecule has 0 amide bonds. The van der Waals surface area contributed by atoms with Crippen LogP contribution in [0, 0.1) is 0 Å². The van der Waals surface area contributed by atoms with Crippen molar-refractivity contribution in [2.24, 2.45) is 0 Å². The Bertz CT molecular complexity index is 858. The van der Waals surface area contributed by atoms with E-state index in [1.54, 1.807) is 0 Å². The van der Waals surface area contributed by atoms with Crippen LogP contribution in [0.4, 0.5) is 0 Å². The number of nitrogens with one attached hydrogen (secondary N) is 1. The molecule has 4 heteroatoms. The van der Waals surface area contributed by atoms with Gasteiger partial charge >= 0.3 is 0 Å². The maximum atomic E-state index is 6.46. The minimum absolute atomic E-state index is 0.324. The Hall–Kier alpha value is -2.30. The van der Waals surface area contributed by atoms with Crippen molar-refractivity contribution in [3.8, 4) is 5.75 Å². The predicted molar refractivity (Wildman–Crippen MR) is 111 cm³/mol. The molecule has 4 nitrogen and oxygen atoms in total. The number of fused-ring (bicyclic) bond motifs is 2. The van der Waals surface area contributed by atoms with Crippen LogP contribution in [-0.4, -0.2) is 31.1 Å². The van der Waals surface area contributed by atoms with Gasteiger partial charge in [-0.15, -0.1) is 0 Å². The van der Waals surface area contributed by atoms with Crippen LogP contribution >= 0.6 is 0 Å². The summed E-state index contributed by atoms with van der Waals surface area (Å²) in [5.74, 6) is 0.923. The highest BCUT2D eigenvalue weighted by molar-refractivity contribution is 5.80. The van der Waals surface area contributed by atoms with E-state index in [2.05, 4.69) is 46.8 Å². The third-order valence-electron chi connectivity index (χ3n) is 6.11. The molecule has 0 aromatic heterocycles. The Labute approximate surface area is 167 Å². The Balaban J connectivity index is 1.27. The van der Waals surface area contributed by atoms with E-state index in [0.717, 1.165) is 36.4 Å². The van der Waals surface area contributed by atoms with Crippen LogP contribution in [0.15, 0.2) is 60.2 Å². The second kappa shape index (κ2) is 7.61. The fourth-order valence-corrected chi connectivity index (χ4v) is 4.53. The highest BCUT2D eigenvalue weighted by Crippen LogP contribution is 2.60. The van der Waals surface area contributed by atoms with Crippen molar-refractivity contribution in [1.29, 1.82) is 0 Å². The molecular weight excluding hydrogens is 348 g/mol. The van der Waals surface area contributed by atoms with Gasteiger partial charge in [0, 0.05) is 29.7 Å². The molecule has 1 saturated carbocycles. The van der Waals surface area contributed by atoms with Gasteiger partial charge in [-0.25, -0.2) is 0 Å². The summed E-state index contributed by atoms with van der Waals surface area (Å²) in [5.41, 5.74) is 7.64. The van der Waals surface area contributed by atoms with Gasteiger partial charge < -0.3 is 9.64 Å². The van der Waals surface area contributed by atoms with Crippen LogP contribution in [0.5, 0.6) is 5.75 Å². The quantitative estimate of drug-likeness (QED) is 0.570. The van der Waals surface area contributed by atoms with E-state index in [1.165, 1.54) is 43.5 Å². The number of hydrogen-bond donors (Lipinski definition) is 1. The molecule has 1 unspecified atom stereocenters. The number of para-hydroxylation sites is 1. The molecule has 3 aliphatic rings. The molecule has 1 N–H and O–H groups in total. The Kier molecular flexibility index (Phi) is 4.83. The molecule has 2 aliphatic heterocycles. The molecule has 146 valence electrons. The maximum absolute atomic E-state index is 6.46. The summed E-state index contributed by atoms with van der Waals surface area (Å²) < 4.78 is 6.46. The first-order chi connectivity index (χ1) is 13.9. The first-order valence-corrected chi connectivity index (χ1v) is 10.5. The van der Waals surface area contributed by atoms with E-state index in [9.17, 15) is 0 Å². The molecule has 28 heavy (non-hydrogen) atoms. The fourth-order valence-electron chi connectivity index (χ4n) is 4.53. The van der Waals surface area contributed by atoms with Gasteiger partial charge in [0.2, 0.25) is 0 Å². The maximum Gasteiger partial charge on any atom is 0.162 e. The summed E-state index contributed by atoms with van der Waals surface area (Å²) >= 11 is 0. The average molecular weight is 377 g/mol. The highest BCUT2D eigenvalue weighted by atomic mass is 16.6. The molecule has 2 aromatic carbocycles. The lowest BCUT2D eigenvalue weighted by Gasteiger charge is -2.27. The van der Waals surface area contributed by atoms with Crippen LogP contribution in [-0.2, 0) is 10.4 Å². The molecule has 0 spiro atoms. The Morgan fingerprint density at radius 1 is 0.964 bits per heavy atom. The summed E-state index contributed by atoms with van der Waals surface area (Å²) in [5, 5.41) is 0. The van der Waals surface area contributed by atoms with Crippen LogP contribution in [0.1, 0.15) is 43.2 Å². The number of likely N-dealkylation sites (tertiary alicyclic amines) is 1. The first-order valence-electron chi connectivity index (χ1n) is 10.5. The van der Waals surface area contributed by atoms with E-state index >= 15 is 0 Å². The van der Waals surface area contributed by atoms with Gasteiger partial charge in [-0.05, 0) is 44.5 Å². The van der Waals surface area contributed by atoms with Crippen molar-refractivity contribution in [1.82, 2.24) is 10.4 Å². The monoisotopic (exact) mass is 376 g/mol. The number of rotatable bonds is 7. The van der Waals surface area contributed by atoms with Crippen molar-refractivity contribution in [3.63, 3.8) is 0 Å². The molecule has 0 bridgehead atoms. The molecular formula is C24H28N2O2. The minimum Gasteiger partial charge on any atom is -0.477 e. The first kappa shape index (κ1) is 17.8. The zero-order chi connectivity index (χ0) is 18.8. The summed E-state index contributed by atoms with van der Waals surface area (Å²) in [4.78, 5) is 8.46. The van der Waals surface area contributed by atoms with E-state index in [4.69, 9.17) is 9.57 Å². The largest absolute Gasteiger partial charge is 0.477 e. The lowest BCUT2D eigenvalue weighted by atomic mass is 10.0. The molecule has 5 rings (SSSR count). The van der Waals surface area contributed by atoms with Gasteiger partial charge in [0.05, 0.1) is 12.3 Å². The molecule has 1 aliphatic carbocycles. The summed E-state index contributed by atoms with van der Waals surface area (Å²) in [6.07, 6.45) is 6.03. The van der Waals surface area contributed by atoms with Crippen molar-refractivity contribution in [2.75, 3.05) is 26.2 Å². The van der Waals surface area contributed by atoms with Crippen LogP contribution in [0.25, 0.3) is 5.70 Å². The Morgan fingerprint density at radius 2 is 1.75 bits per heavy atom. The van der Waals surface area contributed by atoms with Gasteiger partial charge in [-0.1, -0.05) is 48.9 Å². The lowest BCUT2D eigenvalue weighted by Crippen LogP contribution is -2.31. The molecule has 1 saturated heterocycles. The SMILES string of the molecule is c1ccc(C23CC2=C(NOCCCN2CCCCC2)c2ccccc2O3)cc1. The fraction of sp³-hybridized carbons (Fsp3) is 0.417. The number of piperidine rings is 1. The summed E-state index contributed by atoms with van der Waals surface area (Å²) in [6.45, 7) is 4.33. The predicted octanol–water partition coefficient (Wildman–Crippen LogP) is 4.49.